The molecule has 100 valence electrons. The van der Waals surface area contributed by atoms with Crippen molar-refractivity contribution in [3.63, 3.8) is 0 Å². The van der Waals surface area contributed by atoms with Crippen LogP contribution in [-0.2, 0) is 6.18 Å². The van der Waals surface area contributed by atoms with Gasteiger partial charge in [-0.1, -0.05) is 13.8 Å². The maximum atomic E-state index is 12.4. The van der Waals surface area contributed by atoms with E-state index >= 15 is 0 Å². The lowest BCUT2D eigenvalue weighted by atomic mass is 10.3. The highest BCUT2D eigenvalue weighted by molar-refractivity contribution is 5.55. The van der Waals surface area contributed by atoms with Crippen LogP contribution in [0, 0.1) is 6.92 Å². The zero-order chi connectivity index (χ0) is 13.9. The van der Waals surface area contributed by atoms with Gasteiger partial charge < -0.3 is 9.14 Å². The molecule has 0 aromatic carbocycles. The summed E-state index contributed by atoms with van der Waals surface area (Å²) in [5.74, 6) is 0.520. The molecule has 0 bridgehead atoms. The summed E-state index contributed by atoms with van der Waals surface area (Å²) < 4.78 is 43.6. The molecule has 0 aliphatic rings. The third-order valence-electron chi connectivity index (χ3n) is 2.33. The fourth-order valence-corrected chi connectivity index (χ4v) is 1.53. The van der Waals surface area contributed by atoms with E-state index in [-0.39, 0.29) is 5.65 Å². The summed E-state index contributed by atoms with van der Waals surface area (Å²) in [5, 5.41) is 0. The van der Waals surface area contributed by atoms with E-state index in [1.54, 1.807) is 13.0 Å². The van der Waals surface area contributed by atoms with Gasteiger partial charge in [0.15, 0.2) is 5.69 Å². The normalized spacial score (nSPS) is 11.1. The topological polar surface area (TPSA) is 26.5 Å². The van der Waals surface area contributed by atoms with Crippen molar-refractivity contribution in [2.24, 2.45) is 0 Å². The summed E-state index contributed by atoms with van der Waals surface area (Å²) in [4.78, 5) is 3.55. The number of fused-ring (bicyclic) bond motifs is 1. The Kier molecular flexibility index (Phi) is 4.21. The van der Waals surface area contributed by atoms with Crippen LogP contribution in [-0.4, -0.2) is 16.5 Å². The molecule has 0 saturated heterocycles. The van der Waals surface area contributed by atoms with Crippen LogP contribution in [0.25, 0.3) is 5.65 Å². The molecule has 2 aromatic rings. The number of rotatable bonds is 1. The van der Waals surface area contributed by atoms with E-state index < -0.39 is 11.9 Å². The van der Waals surface area contributed by atoms with Crippen molar-refractivity contribution in [3.05, 3.63) is 29.7 Å². The van der Waals surface area contributed by atoms with Gasteiger partial charge in [-0.15, -0.1) is 0 Å². The first-order valence-corrected chi connectivity index (χ1v) is 5.53. The van der Waals surface area contributed by atoms with Crippen molar-refractivity contribution in [1.82, 2.24) is 9.38 Å². The first-order valence-electron chi connectivity index (χ1n) is 5.53. The molecule has 0 aliphatic heterocycles. The number of aryl methyl sites for hydroxylation is 1. The van der Waals surface area contributed by atoms with Crippen LogP contribution in [0.1, 0.15) is 25.1 Å². The summed E-state index contributed by atoms with van der Waals surface area (Å²) in [6.07, 6.45) is -1.98. The second-order valence-corrected chi connectivity index (χ2v) is 3.36. The molecular formula is C12H15F3N2O. The molecule has 3 nitrogen and oxygen atoms in total. The van der Waals surface area contributed by atoms with Gasteiger partial charge in [0.1, 0.15) is 11.4 Å². The van der Waals surface area contributed by atoms with Crippen LogP contribution in [0.15, 0.2) is 18.5 Å². The van der Waals surface area contributed by atoms with Crippen molar-refractivity contribution in [3.8, 4) is 5.75 Å². The maximum Gasteiger partial charge on any atom is 0.434 e. The predicted octanol–water partition coefficient (Wildman–Crippen LogP) is 3.70. The molecule has 6 heteroatoms. The summed E-state index contributed by atoms with van der Waals surface area (Å²) in [7, 11) is 1.46. The number of nitrogens with zero attached hydrogens (tertiary/aromatic N) is 2. The third kappa shape index (κ3) is 2.57. The SMILES string of the molecule is CC.COc1ccn2cc(C(F)(F)F)nc2c1C. The fourth-order valence-electron chi connectivity index (χ4n) is 1.53. The van der Waals surface area contributed by atoms with Gasteiger partial charge in [-0.2, -0.15) is 13.2 Å². The van der Waals surface area contributed by atoms with Gasteiger partial charge in [0.25, 0.3) is 0 Å². The van der Waals surface area contributed by atoms with Gasteiger partial charge >= 0.3 is 6.18 Å². The van der Waals surface area contributed by atoms with Crippen LogP contribution in [0.3, 0.4) is 0 Å². The van der Waals surface area contributed by atoms with E-state index in [0.29, 0.717) is 11.3 Å². The molecule has 2 aromatic heterocycles. The Morgan fingerprint density at radius 2 is 1.89 bits per heavy atom. The minimum absolute atomic E-state index is 0.256. The van der Waals surface area contributed by atoms with E-state index in [2.05, 4.69) is 4.98 Å². The summed E-state index contributed by atoms with van der Waals surface area (Å²) >= 11 is 0. The second-order valence-electron chi connectivity index (χ2n) is 3.36. The monoisotopic (exact) mass is 260 g/mol. The van der Waals surface area contributed by atoms with E-state index in [1.165, 1.54) is 17.7 Å². The second kappa shape index (κ2) is 5.29. The molecule has 2 rings (SSSR count). The fraction of sp³-hybridized carbons (Fsp3) is 0.417. The molecule has 0 spiro atoms. The average molecular weight is 260 g/mol. The molecule has 0 amide bonds. The highest BCUT2D eigenvalue weighted by Gasteiger charge is 2.34. The van der Waals surface area contributed by atoms with Crippen LogP contribution < -0.4 is 4.74 Å². The van der Waals surface area contributed by atoms with Crippen molar-refractivity contribution < 1.29 is 17.9 Å². The average Bonchev–Trinajstić information content (AvgIpc) is 2.77. The minimum atomic E-state index is -4.42. The number of aromatic nitrogens is 2. The number of hydrogen-bond donors (Lipinski definition) is 0. The van der Waals surface area contributed by atoms with Crippen LogP contribution in [0.5, 0.6) is 5.75 Å². The molecule has 18 heavy (non-hydrogen) atoms. The van der Waals surface area contributed by atoms with Crippen LogP contribution in [0.4, 0.5) is 13.2 Å². The Morgan fingerprint density at radius 1 is 1.28 bits per heavy atom. The lowest BCUT2D eigenvalue weighted by molar-refractivity contribution is -0.140. The molecule has 0 fully saturated rings. The molecule has 0 N–H and O–H groups in total. The Labute approximate surface area is 103 Å². The van der Waals surface area contributed by atoms with Gasteiger partial charge in [-0.05, 0) is 13.0 Å². The van der Waals surface area contributed by atoms with E-state index in [4.69, 9.17) is 4.74 Å². The lowest BCUT2D eigenvalue weighted by Gasteiger charge is -2.04. The number of halogens is 3. The maximum absolute atomic E-state index is 12.4. The summed E-state index contributed by atoms with van der Waals surface area (Å²) in [5.41, 5.74) is -0.0592. The molecule has 0 saturated carbocycles. The summed E-state index contributed by atoms with van der Waals surface area (Å²) in [6.45, 7) is 5.67. The standard InChI is InChI=1S/C10H9F3N2O.C2H6/c1-6-7(16-2)3-4-15-5-8(10(11,12)13)14-9(6)15;1-2/h3-5H,1-2H3;1-2H3. The summed E-state index contributed by atoms with van der Waals surface area (Å²) in [6, 6.07) is 1.60. The first-order chi connectivity index (χ1) is 8.43. The number of alkyl halides is 3. The van der Waals surface area contributed by atoms with E-state index in [1.807, 2.05) is 13.8 Å². The highest BCUT2D eigenvalue weighted by atomic mass is 19.4. The Bertz CT molecular complexity index is 532. The van der Waals surface area contributed by atoms with Gasteiger partial charge in [0.2, 0.25) is 0 Å². The molecule has 0 radical (unpaired) electrons. The van der Waals surface area contributed by atoms with Crippen LogP contribution in [0.2, 0.25) is 0 Å². The number of ether oxygens (including phenoxy) is 1. The molecule has 0 unspecified atom stereocenters. The van der Waals surface area contributed by atoms with E-state index in [0.717, 1.165) is 6.20 Å². The Morgan fingerprint density at radius 3 is 2.39 bits per heavy atom. The number of pyridine rings is 1. The Hall–Kier alpha value is -1.72. The quantitative estimate of drug-likeness (QED) is 0.781. The molecule has 0 atom stereocenters. The van der Waals surface area contributed by atoms with Crippen LogP contribution >= 0.6 is 0 Å². The van der Waals surface area contributed by atoms with Crippen molar-refractivity contribution in [1.29, 1.82) is 0 Å². The van der Waals surface area contributed by atoms with Gasteiger partial charge in [0, 0.05) is 18.0 Å². The van der Waals surface area contributed by atoms with Gasteiger partial charge in [-0.25, -0.2) is 4.98 Å². The third-order valence-corrected chi connectivity index (χ3v) is 2.33. The zero-order valence-corrected chi connectivity index (χ0v) is 10.7. The Balaban J connectivity index is 0.000000771. The van der Waals surface area contributed by atoms with Gasteiger partial charge in [0.05, 0.1) is 7.11 Å². The first kappa shape index (κ1) is 14.3. The number of methoxy groups -OCH3 is 1. The zero-order valence-electron chi connectivity index (χ0n) is 10.7. The largest absolute Gasteiger partial charge is 0.496 e. The highest BCUT2D eigenvalue weighted by Crippen LogP contribution is 2.30. The van der Waals surface area contributed by atoms with Crippen molar-refractivity contribution in [2.75, 3.05) is 7.11 Å². The number of imidazole rings is 1. The molecule has 0 aliphatic carbocycles. The smallest absolute Gasteiger partial charge is 0.434 e. The minimum Gasteiger partial charge on any atom is -0.496 e. The molecule has 2 heterocycles. The number of hydrogen-bond acceptors (Lipinski definition) is 2. The van der Waals surface area contributed by atoms with Crippen molar-refractivity contribution >= 4 is 5.65 Å². The molecular weight excluding hydrogens is 245 g/mol. The van der Waals surface area contributed by atoms with Crippen molar-refractivity contribution in [2.45, 2.75) is 26.9 Å². The van der Waals surface area contributed by atoms with E-state index in [9.17, 15) is 13.2 Å². The predicted molar refractivity (Wildman–Crippen MR) is 62.8 cm³/mol. The van der Waals surface area contributed by atoms with Gasteiger partial charge in [-0.3, -0.25) is 0 Å². The lowest BCUT2D eigenvalue weighted by Crippen LogP contribution is -2.04.